The van der Waals surface area contributed by atoms with E-state index in [4.69, 9.17) is 15.4 Å². The van der Waals surface area contributed by atoms with E-state index in [0.717, 1.165) is 6.29 Å². The topological polar surface area (TPSA) is 92.9 Å². The lowest BCUT2D eigenvalue weighted by Crippen LogP contribution is -1.99. The van der Waals surface area contributed by atoms with Crippen LogP contribution in [0.1, 0.15) is 15.2 Å². The zero-order chi connectivity index (χ0) is 14.8. The Hall–Kier alpha value is -2.91. The number of carbonyl (C=O) groups is 1. The highest BCUT2D eigenvalue weighted by molar-refractivity contribution is 7.12. The van der Waals surface area contributed by atoms with E-state index in [1.807, 2.05) is 17.5 Å². The van der Waals surface area contributed by atoms with Crippen molar-refractivity contribution in [2.24, 2.45) is 0 Å². The molecule has 0 aromatic carbocycles. The van der Waals surface area contributed by atoms with Crippen molar-refractivity contribution < 1.29 is 9.21 Å². The van der Waals surface area contributed by atoms with Crippen LogP contribution in [0.25, 0.3) is 22.6 Å². The van der Waals surface area contributed by atoms with Crippen LogP contribution in [0.4, 0.5) is 5.82 Å². The van der Waals surface area contributed by atoms with Crippen LogP contribution in [0.3, 0.4) is 0 Å². The predicted octanol–water partition coefficient (Wildman–Crippen LogP) is 3.34. The Balaban J connectivity index is 2.32. The Bertz CT molecular complexity index is 844. The smallest absolute Gasteiger partial charge is 0.160 e. The third-order valence-electron chi connectivity index (χ3n) is 3.02. The maximum absolute atomic E-state index is 11.2. The van der Waals surface area contributed by atoms with E-state index in [2.05, 4.69) is 4.98 Å². The van der Waals surface area contributed by atoms with Gasteiger partial charge in [-0.3, -0.25) is 4.79 Å². The van der Waals surface area contributed by atoms with Crippen molar-refractivity contribution in [3.63, 3.8) is 0 Å². The van der Waals surface area contributed by atoms with Crippen molar-refractivity contribution in [2.45, 2.75) is 0 Å². The summed E-state index contributed by atoms with van der Waals surface area (Å²) in [5.74, 6) is 0.666. The van der Waals surface area contributed by atoms with E-state index in [1.54, 1.807) is 18.2 Å². The zero-order valence-electron chi connectivity index (χ0n) is 10.7. The summed E-state index contributed by atoms with van der Waals surface area (Å²) < 4.78 is 5.37. The van der Waals surface area contributed by atoms with Gasteiger partial charge in [-0.05, 0) is 29.6 Å². The monoisotopic (exact) mass is 295 g/mol. The summed E-state index contributed by atoms with van der Waals surface area (Å²) in [4.78, 5) is 16.0. The lowest BCUT2D eigenvalue weighted by atomic mass is 10.0. The second-order valence-corrected chi connectivity index (χ2v) is 5.17. The van der Waals surface area contributed by atoms with Crippen LogP contribution in [0.2, 0.25) is 0 Å². The first-order valence-electron chi connectivity index (χ1n) is 6.02. The van der Waals surface area contributed by atoms with Gasteiger partial charge >= 0.3 is 0 Å². The van der Waals surface area contributed by atoms with Crippen molar-refractivity contribution in [2.75, 3.05) is 5.73 Å². The Kier molecular flexibility index (Phi) is 3.26. The van der Waals surface area contributed by atoms with E-state index < -0.39 is 0 Å². The molecule has 0 saturated carbocycles. The molecule has 3 heterocycles. The van der Waals surface area contributed by atoms with Gasteiger partial charge in [0.25, 0.3) is 0 Å². The lowest BCUT2D eigenvalue weighted by Gasteiger charge is -2.08. The molecule has 102 valence electrons. The molecule has 5 nitrogen and oxygen atoms in total. The fraction of sp³-hybridized carbons (Fsp3) is 0. The summed E-state index contributed by atoms with van der Waals surface area (Å²) in [6.07, 6.45) is 2.32. The number of rotatable bonds is 3. The van der Waals surface area contributed by atoms with Gasteiger partial charge in [0.15, 0.2) is 12.0 Å². The van der Waals surface area contributed by atoms with Gasteiger partial charge in [-0.25, -0.2) is 4.98 Å². The van der Waals surface area contributed by atoms with Crippen molar-refractivity contribution in [1.29, 1.82) is 5.26 Å². The summed E-state index contributed by atoms with van der Waals surface area (Å²) in [6, 6.07) is 8.95. The summed E-state index contributed by atoms with van der Waals surface area (Å²) in [6.45, 7) is 0. The molecular formula is C15H9N3O2S. The van der Waals surface area contributed by atoms with E-state index >= 15 is 0 Å². The van der Waals surface area contributed by atoms with Crippen LogP contribution in [0, 0.1) is 11.3 Å². The van der Waals surface area contributed by atoms with Gasteiger partial charge in [0.2, 0.25) is 0 Å². The fourth-order valence-corrected chi connectivity index (χ4v) is 2.77. The molecule has 3 aromatic heterocycles. The van der Waals surface area contributed by atoms with Crippen LogP contribution >= 0.6 is 11.3 Å². The zero-order valence-corrected chi connectivity index (χ0v) is 11.6. The van der Waals surface area contributed by atoms with E-state index in [9.17, 15) is 4.79 Å². The highest BCUT2D eigenvalue weighted by Crippen LogP contribution is 2.36. The molecule has 0 spiro atoms. The minimum atomic E-state index is 0.135. The highest BCUT2D eigenvalue weighted by Gasteiger charge is 2.18. The third kappa shape index (κ3) is 2.20. The molecule has 0 aliphatic carbocycles. The van der Waals surface area contributed by atoms with Crippen molar-refractivity contribution in [3.8, 4) is 28.7 Å². The van der Waals surface area contributed by atoms with Gasteiger partial charge in [0.1, 0.15) is 17.6 Å². The molecule has 0 aliphatic heterocycles. The van der Waals surface area contributed by atoms with Gasteiger partial charge in [0, 0.05) is 11.1 Å². The first-order valence-corrected chi connectivity index (χ1v) is 6.90. The van der Waals surface area contributed by atoms with Crippen LogP contribution in [0.15, 0.2) is 40.3 Å². The molecule has 21 heavy (non-hydrogen) atoms. The number of nitriles is 1. The molecule has 0 fully saturated rings. The maximum Gasteiger partial charge on any atom is 0.160 e. The minimum Gasteiger partial charge on any atom is -0.463 e. The van der Waals surface area contributed by atoms with E-state index in [0.29, 0.717) is 27.5 Å². The number of furan rings is 1. The summed E-state index contributed by atoms with van der Waals surface area (Å²) >= 11 is 1.33. The summed E-state index contributed by atoms with van der Waals surface area (Å²) in [7, 11) is 0. The van der Waals surface area contributed by atoms with Gasteiger partial charge in [0.05, 0.1) is 16.7 Å². The fourth-order valence-electron chi connectivity index (χ4n) is 2.06. The first-order chi connectivity index (χ1) is 10.2. The van der Waals surface area contributed by atoms with E-state index in [-0.39, 0.29) is 11.4 Å². The van der Waals surface area contributed by atoms with Crippen molar-refractivity contribution >= 4 is 23.4 Å². The quantitative estimate of drug-likeness (QED) is 0.748. The first kappa shape index (κ1) is 13.1. The summed E-state index contributed by atoms with van der Waals surface area (Å²) in [5.41, 5.74) is 7.93. The number of nitrogens with two attached hydrogens (primary N) is 1. The molecule has 0 aliphatic rings. The number of aldehydes is 1. The molecule has 3 aromatic rings. The van der Waals surface area contributed by atoms with Crippen molar-refractivity contribution in [1.82, 2.24) is 4.98 Å². The van der Waals surface area contributed by atoms with Gasteiger partial charge in [-0.1, -0.05) is 0 Å². The van der Waals surface area contributed by atoms with Gasteiger partial charge < -0.3 is 10.2 Å². The molecule has 0 unspecified atom stereocenters. The number of aromatic nitrogens is 1. The van der Waals surface area contributed by atoms with Crippen LogP contribution in [-0.4, -0.2) is 11.3 Å². The maximum atomic E-state index is 11.2. The normalized spacial score (nSPS) is 10.2. The predicted molar refractivity (Wildman–Crippen MR) is 79.8 cm³/mol. The number of hydrogen-bond acceptors (Lipinski definition) is 6. The second kappa shape index (κ2) is 5.23. The Morgan fingerprint density at radius 3 is 2.90 bits per heavy atom. The molecule has 3 rings (SSSR count). The van der Waals surface area contributed by atoms with Crippen LogP contribution in [0.5, 0.6) is 0 Å². The molecule has 0 radical (unpaired) electrons. The lowest BCUT2D eigenvalue weighted by molar-refractivity contribution is 0.112. The van der Waals surface area contributed by atoms with Gasteiger partial charge in [-0.15, -0.1) is 11.3 Å². The number of nitrogen functional groups attached to an aromatic ring is 1. The van der Waals surface area contributed by atoms with E-state index in [1.165, 1.54) is 17.6 Å². The molecule has 0 bridgehead atoms. The van der Waals surface area contributed by atoms with Crippen molar-refractivity contribution in [3.05, 3.63) is 46.3 Å². The summed E-state index contributed by atoms with van der Waals surface area (Å²) in [5, 5.41) is 10.9. The third-order valence-corrected chi connectivity index (χ3v) is 3.86. The number of carbonyl (C=O) groups excluding carboxylic acids is 1. The largest absolute Gasteiger partial charge is 0.463 e. The second-order valence-electron chi connectivity index (χ2n) is 4.22. The molecule has 0 saturated heterocycles. The Labute approximate surface area is 124 Å². The number of anilines is 1. The standard InChI is InChI=1S/C15H9N3O2S/c16-7-9-6-11(10-3-5-21-13(10)8-19)14(18-15(9)17)12-2-1-4-20-12/h1-6,8H,(H2,17,18). The molecule has 2 N–H and O–H groups in total. The number of nitrogens with zero attached hydrogens (tertiary/aromatic N) is 2. The SMILES string of the molecule is N#Cc1cc(-c2ccsc2C=O)c(-c2ccco2)nc1N. The number of thiophene rings is 1. The molecule has 0 amide bonds. The van der Waals surface area contributed by atoms with Crippen LogP contribution < -0.4 is 5.73 Å². The minimum absolute atomic E-state index is 0.135. The van der Waals surface area contributed by atoms with Crippen LogP contribution in [-0.2, 0) is 0 Å². The molecular weight excluding hydrogens is 286 g/mol. The average molecular weight is 295 g/mol. The molecule has 0 atom stereocenters. The Morgan fingerprint density at radius 2 is 2.24 bits per heavy atom. The molecule has 6 heteroatoms. The Morgan fingerprint density at radius 1 is 1.38 bits per heavy atom. The number of pyridine rings is 1. The number of hydrogen-bond donors (Lipinski definition) is 1. The van der Waals surface area contributed by atoms with Gasteiger partial charge in [-0.2, -0.15) is 5.26 Å². The highest BCUT2D eigenvalue weighted by atomic mass is 32.1. The average Bonchev–Trinajstić information content (AvgIpc) is 3.18.